The Hall–Kier alpha value is -2.41. The molecule has 2 aromatic heterocycles. The van der Waals surface area contributed by atoms with Crippen LogP contribution >= 0.6 is 11.8 Å². The Labute approximate surface area is 124 Å². The molecule has 2 N–H and O–H groups in total. The largest absolute Gasteiger partial charge is 0.478 e. The van der Waals surface area contributed by atoms with Gasteiger partial charge in [-0.2, -0.15) is 0 Å². The fourth-order valence-corrected chi connectivity index (χ4v) is 2.80. The van der Waals surface area contributed by atoms with Gasteiger partial charge in [0.05, 0.1) is 16.7 Å². The monoisotopic (exact) mass is 300 g/mol. The molecule has 0 unspecified atom stereocenters. The number of H-pyrrole nitrogens is 1. The molecule has 0 fully saturated rings. The maximum atomic E-state index is 11.1. The Morgan fingerprint density at radius 3 is 3.10 bits per heavy atom. The summed E-state index contributed by atoms with van der Waals surface area (Å²) in [5.41, 5.74) is 3.63. The maximum Gasteiger partial charge on any atom is 0.339 e. The summed E-state index contributed by atoms with van der Waals surface area (Å²) in [5.74, 6) is -0.602. The lowest BCUT2D eigenvalue weighted by molar-refractivity contribution is 0.0695. The Balaban J connectivity index is 1.82. The summed E-state index contributed by atoms with van der Waals surface area (Å²) in [7, 11) is 0. The summed E-state index contributed by atoms with van der Waals surface area (Å²) < 4.78 is 0. The van der Waals surface area contributed by atoms with Crippen LogP contribution in [0.4, 0.5) is 0 Å². The molecule has 2 heterocycles. The van der Waals surface area contributed by atoms with Crippen LogP contribution in [-0.4, -0.2) is 31.0 Å². The molecule has 0 amide bonds. The average Bonchev–Trinajstić information content (AvgIpc) is 2.87. The lowest BCUT2D eigenvalue weighted by atomic mass is 10.2. The summed E-state index contributed by atoms with van der Waals surface area (Å²) >= 11 is 1.42. The van der Waals surface area contributed by atoms with E-state index in [0.717, 1.165) is 21.8 Å². The van der Waals surface area contributed by atoms with Gasteiger partial charge in [0.25, 0.3) is 0 Å². The summed E-state index contributed by atoms with van der Waals surface area (Å²) in [6.45, 7) is 2.02. The number of fused-ring (bicyclic) bond motifs is 1. The van der Waals surface area contributed by atoms with Crippen LogP contribution in [0.3, 0.4) is 0 Å². The van der Waals surface area contributed by atoms with Crippen molar-refractivity contribution in [3.8, 4) is 0 Å². The van der Waals surface area contributed by atoms with Crippen molar-refractivity contribution in [1.82, 2.24) is 19.9 Å². The van der Waals surface area contributed by atoms with Crippen LogP contribution in [0.1, 0.15) is 21.6 Å². The predicted molar refractivity (Wildman–Crippen MR) is 79.4 cm³/mol. The first kappa shape index (κ1) is 13.6. The van der Waals surface area contributed by atoms with Gasteiger partial charge in [-0.15, -0.1) is 0 Å². The number of hydrogen-bond acceptors (Lipinski definition) is 5. The topological polar surface area (TPSA) is 91.8 Å². The average molecular weight is 300 g/mol. The van der Waals surface area contributed by atoms with Crippen molar-refractivity contribution in [3.63, 3.8) is 0 Å². The van der Waals surface area contributed by atoms with Crippen LogP contribution in [-0.2, 0) is 5.75 Å². The van der Waals surface area contributed by atoms with Gasteiger partial charge in [0.15, 0.2) is 5.16 Å². The lowest BCUT2D eigenvalue weighted by Crippen LogP contribution is -2.04. The van der Waals surface area contributed by atoms with E-state index in [0.29, 0.717) is 11.4 Å². The molecule has 7 heteroatoms. The number of nitrogens with one attached hydrogen (secondary N) is 1. The van der Waals surface area contributed by atoms with Crippen molar-refractivity contribution in [2.45, 2.75) is 17.8 Å². The van der Waals surface area contributed by atoms with E-state index in [9.17, 15) is 4.79 Å². The molecule has 3 aromatic rings. The normalized spacial score (nSPS) is 10.9. The number of carbonyl (C=O) groups is 1. The molecule has 0 aliphatic rings. The first-order chi connectivity index (χ1) is 10.1. The molecule has 0 bridgehead atoms. The number of rotatable bonds is 4. The molecule has 21 heavy (non-hydrogen) atoms. The molecule has 0 atom stereocenters. The maximum absolute atomic E-state index is 11.1. The number of imidazole rings is 1. The fourth-order valence-electron chi connectivity index (χ4n) is 1.95. The standard InChI is InChI=1S/C14H12N4O2S/c1-8-2-3-10-11(4-8)18-14(17-10)21-6-12-9(13(19)20)5-15-7-16-12/h2-5,7H,6H2,1H3,(H,17,18)(H,19,20). The second-order valence-corrected chi connectivity index (χ2v) is 5.50. The smallest absolute Gasteiger partial charge is 0.339 e. The minimum atomic E-state index is -1.02. The van der Waals surface area contributed by atoms with Gasteiger partial charge >= 0.3 is 5.97 Å². The summed E-state index contributed by atoms with van der Waals surface area (Å²) in [4.78, 5) is 26.5. The number of aromatic carboxylic acids is 1. The number of nitrogens with zero attached hydrogens (tertiary/aromatic N) is 3. The highest BCUT2D eigenvalue weighted by atomic mass is 32.2. The summed E-state index contributed by atoms with van der Waals surface area (Å²) in [6.07, 6.45) is 2.66. The lowest BCUT2D eigenvalue weighted by Gasteiger charge is -2.02. The zero-order valence-corrected chi connectivity index (χ0v) is 12.0. The quantitative estimate of drug-likeness (QED) is 0.720. The Morgan fingerprint density at radius 1 is 1.43 bits per heavy atom. The van der Waals surface area contributed by atoms with Crippen molar-refractivity contribution < 1.29 is 9.90 Å². The van der Waals surface area contributed by atoms with Crippen molar-refractivity contribution in [2.24, 2.45) is 0 Å². The summed E-state index contributed by atoms with van der Waals surface area (Å²) in [5, 5.41) is 9.84. The SMILES string of the molecule is Cc1ccc2nc(SCc3ncncc3C(=O)O)[nH]c2c1. The predicted octanol–water partition coefficient (Wildman–Crippen LogP) is 2.65. The first-order valence-electron chi connectivity index (χ1n) is 6.25. The first-order valence-corrected chi connectivity index (χ1v) is 7.23. The highest BCUT2D eigenvalue weighted by molar-refractivity contribution is 7.98. The third-order valence-electron chi connectivity index (χ3n) is 2.99. The molecule has 0 saturated heterocycles. The Morgan fingerprint density at radius 2 is 2.29 bits per heavy atom. The van der Waals surface area contributed by atoms with Gasteiger partial charge in [-0.3, -0.25) is 0 Å². The zero-order chi connectivity index (χ0) is 14.8. The van der Waals surface area contributed by atoms with E-state index in [1.165, 1.54) is 24.3 Å². The minimum Gasteiger partial charge on any atom is -0.478 e. The number of thioether (sulfide) groups is 1. The molecule has 0 radical (unpaired) electrons. The number of aryl methyl sites for hydroxylation is 1. The molecule has 0 saturated carbocycles. The highest BCUT2D eigenvalue weighted by Crippen LogP contribution is 2.23. The van der Waals surface area contributed by atoms with Crippen molar-refractivity contribution >= 4 is 28.8 Å². The fraction of sp³-hybridized carbons (Fsp3) is 0.143. The van der Waals surface area contributed by atoms with Gasteiger partial charge in [-0.25, -0.2) is 19.7 Å². The van der Waals surface area contributed by atoms with Gasteiger partial charge in [0, 0.05) is 11.9 Å². The Kier molecular flexibility index (Phi) is 3.57. The van der Waals surface area contributed by atoms with Gasteiger partial charge in [-0.05, 0) is 24.6 Å². The van der Waals surface area contributed by atoms with Crippen LogP contribution in [0.15, 0.2) is 35.9 Å². The Bertz CT molecular complexity index is 816. The van der Waals surface area contributed by atoms with Gasteiger partial charge in [0.2, 0.25) is 0 Å². The van der Waals surface area contributed by atoms with Gasteiger partial charge < -0.3 is 10.1 Å². The van der Waals surface area contributed by atoms with Crippen molar-refractivity contribution in [1.29, 1.82) is 0 Å². The van der Waals surface area contributed by atoms with Crippen LogP contribution in [0.25, 0.3) is 11.0 Å². The molecule has 0 aliphatic carbocycles. The molecular formula is C14H12N4O2S. The van der Waals surface area contributed by atoms with E-state index in [1.807, 2.05) is 25.1 Å². The molecule has 6 nitrogen and oxygen atoms in total. The van der Waals surface area contributed by atoms with E-state index in [-0.39, 0.29) is 5.56 Å². The number of benzene rings is 1. The van der Waals surface area contributed by atoms with Gasteiger partial charge in [0.1, 0.15) is 11.9 Å². The molecule has 106 valence electrons. The number of aromatic amines is 1. The third kappa shape index (κ3) is 2.87. The van der Waals surface area contributed by atoms with E-state index < -0.39 is 5.97 Å². The van der Waals surface area contributed by atoms with Crippen molar-refractivity contribution in [2.75, 3.05) is 0 Å². The molecule has 3 rings (SSSR count). The molecular weight excluding hydrogens is 288 g/mol. The van der Waals surface area contributed by atoms with E-state index in [4.69, 9.17) is 5.11 Å². The third-order valence-corrected chi connectivity index (χ3v) is 3.87. The molecule has 1 aromatic carbocycles. The van der Waals surface area contributed by atoms with Crippen molar-refractivity contribution in [3.05, 3.63) is 47.5 Å². The van der Waals surface area contributed by atoms with Crippen LogP contribution in [0, 0.1) is 6.92 Å². The highest BCUT2D eigenvalue weighted by Gasteiger charge is 2.12. The molecule has 0 spiro atoms. The minimum absolute atomic E-state index is 0.122. The van der Waals surface area contributed by atoms with Gasteiger partial charge in [-0.1, -0.05) is 17.8 Å². The molecule has 0 aliphatic heterocycles. The second-order valence-electron chi connectivity index (χ2n) is 4.54. The van der Waals surface area contributed by atoms with E-state index in [1.54, 1.807) is 0 Å². The second kappa shape index (κ2) is 5.53. The van der Waals surface area contributed by atoms with E-state index in [2.05, 4.69) is 19.9 Å². The summed E-state index contributed by atoms with van der Waals surface area (Å²) in [6, 6.07) is 5.99. The number of carboxylic acids is 1. The number of aromatic nitrogens is 4. The number of hydrogen-bond donors (Lipinski definition) is 2. The number of carboxylic acid groups (broad SMARTS) is 1. The van der Waals surface area contributed by atoms with Crippen LogP contribution in [0.2, 0.25) is 0 Å². The zero-order valence-electron chi connectivity index (χ0n) is 11.2. The van der Waals surface area contributed by atoms with E-state index >= 15 is 0 Å². The van der Waals surface area contributed by atoms with Crippen LogP contribution < -0.4 is 0 Å². The van der Waals surface area contributed by atoms with Crippen LogP contribution in [0.5, 0.6) is 0 Å².